The van der Waals surface area contributed by atoms with E-state index in [0.29, 0.717) is 23.9 Å². The maximum Gasteiger partial charge on any atom is 0.228 e. The summed E-state index contributed by atoms with van der Waals surface area (Å²) in [5.74, 6) is 1.16. The van der Waals surface area contributed by atoms with Gasteiger partial charge in [-0.1, -0.05) is 66.7 Å². The van der Waals surface area contributed by atoms with Crippen LogP contribution < -0.4 is 0 Å². The zero-order valence-electron chi connectivity index (χ0n) is 19.8. The Morgan fingerprint density at radius 2 is 1.49 bits per heavy atom. The van der Waals surface area contributed by atoms with Crippen LogP contribution in [0.15, 0.2) is 102 Å². The standard InChI is InChI=1S/C29H26N4O2/c1-21-26(30-29(35-21)23-14-8-4-9-15-23)18-27(34)32(2)19-24-20-33(25-16-10-5-11-17-25)31-28(24)22-12-6-3-7-13-22/h3-17,20H,18-19H2,1-2H3. The van der Waals surface area contributed by atoms with Gasteiger partial charge in [0.25, 0.3) is 0 Å². The number of hydrogen-bond donors (Lipinski definition) is 0. The lowest BCUT2D eigenvalue weighted by molar-refractivity contribution is -0.129. The minimum absolute atomic E-state index is 0.0347. The first-order valence-electron chi connectivity index (χ1n) is 11.5. The number of nitrogens with zero attached hydrogens (tertiary/aromatic N) is 4. The molecule has 5 aromatic rings. The molecule has 0 fully saturated rings. The molecule has 2 aromatic heterocycles. The lowest BCUT2D eigenvalue weighted by Gasteiger charge is -2.16. The average molecular weight is 463 g/mol. The third-order valence-electron chi connectivity index (χ3n) is 5.92. The highest BCUT2D eigenvalue weighted by Crippen LogP contribution is 2.26. The second-order valence-electron chi connectivity index (χ2n) is 8.46. The van der Waals surface area contributed by atoms with Crippen LogP contribution in [0, 0.1) is 6.92 Å². The highest BCUT2D eigenvalue weighted by atomic mass is 16.4. The number of likely N-dealkylation sites (N-methyl/N-ethyl adjacent to an activating group) is 1. The largest absolute Gasteiger partial charge is 0.441 e. The molecular weight excluding hydrogens is 436 g/mol. The summed E-state index contributed by atoms with van der Waals surface area (Å²) in [5, 5.41) is 4.85. The zero-order valence-corrected chi connectivity index (χ0v) is 19.8. The van der Waals surface area contributed by atoms with Crippen LogP contribution >= 0.6 is 0 Å². The molecule has 6 heteroatoms. The molecule has 0 aliphatic heterocycles. The van der Waals surface area contributed by atoms with Crippen molar-refractivity contribution in [2.24, 2.45) is 0 Å². The molecule has 5 rings (SSSR count). The normalized spacial score (nSPS) is 10.9. The number of aryl methyl sites for hydroxylation is 1. The van der Waals surface area contributed by atoms with E-state index in [1.807, 2.05) is 116 Å². The van der Waals surface area contributed by atoms with Gasteiger partial charge in [0.05, 0.1) is 23.5 Å². The molecule has 0 radical (unpaired) electrons. The van der Waals surface area contributed by atoms with Crippen molar-refractivity contribution >= 4 is 5.91 Å². The highest BCUT2D eigenvalue weighted by Gasteiger charge is 2.20. The van der Waals surface area contributed by atoms with Crippen molar-refractivity contribution in [3.05, 3.63) is 114 Å². The summed E-state index contributed by atoms with van der Waals surface area (Å²) in [5.41, 5.74) is 5.36. The Labute approximate surface area is 204 Å². The Morgan fingerprint density at radius 1 is 0.886 bits per heavy atom. The minimum Gasteiger partial charge on any atom is -0.441 e. The quantitative estimate of drug-likeness (QED) is 0.311. The molecule has 0 atom stereocenters. The first-order chi connectivity index (χ1) is 17.1. The van der Waals surface area contributed by atoms with E-state index in [1.54, 1.807) is 4.90 Å². The highest BCUT2D eigenvalue weighted by molar-refractivity contribution is 5.79. The number of hydrogen-bond acceptors (Lipinski definition) is 4. The first kappa shape index (κ1) is 22.3. The number of carbonyl (C=O) groups is 1. The minimum atomic E-state index is -0.0347. The molecule has 1 amide bonds. The summed E-state index contributed by atoms with van der Waals surface area (Å²) in [6, 6.07) is 29.7. The average Bonchev–Trinajstić information content (AvgIpc) is 3.49. The summed E-state index contributed by atoms with van der Waals surface area (Å²) in [7, 11) is 1.81. The molecule has 0 saturated carbocycles. The van der Waals surface area contributed by atoms with Crippen molar-refractivity contribution in [3.63, 3.8) is 0 Å². The van der Waals surface area contributed by atoms with E-state index in [2.05, 4.69) is 4.98 Å². The molecule has 0 bridgehead atoms. The Morgan fingerprint density at radius 3 is 2.14 bits per heavy atom. The smallest absolute Gasteiger partial charge is 0.228 e. The Hall–Kier alpha value is -4.45. The van der Waals surface area contributed by atoms with Gasteiger partial charge in [-0.3, -0.25) is 4.79 Å². The van der Waals surface area contributed by atoms with E-state index in [9.17, 15) is 4.79 Å². The molecule has 3 aromatic carbocycles. The van der Waals surface area contributed by atoms with Crippen LogP contribution in [-0.2, 0) is 17.8 Å². The van der Waals surface area contributed by atoms with Gasteiger partial charge in [0.2, 0.25) is 11.8 Å². The SMILES string of the molecule is Cc1oc(-c2ccccc2)nc1CC(=O)N(C)Cc1cn(-c2ccccc2)nc1-c1ccccc1. The number of benzene rings is 3. The number of oxazole rings is 1. The predicted molar refractivity (Wildman–Crippen MR) is 136 cm³/mol. The van der Waals surface area contributed by atoms with E-state index >= 15 is 0 Å². The van der Waals surface area contributed by atoms with E-state index < -0.39 is 0 Å². The number of para-hydroxylation sites is 1. The molecule has 0 N–H and O–H groups in total. The van der Waals surface area contributed by atoms with Crippen LogP contribution in [-0.4, -0.2) is 32.6 Å². The summed E-state index contributed by atoms with van der Waals surface area (Å²) < 4.78 is 7.70. The van der Waals surface area contributed by atoms with Gasteiger partial charge in [-0.2, -0.15) is 5.10 Å². The molecule has 35 heavy (non-hydrogen) atoms. The third-order valence-corrected chi connectivity index (χ3v) is 5.92. The third kappa shape index (κ3) is 4.92. The molecule has 0 aliphatic rings. The maximum absolute atomic E-state index is 13.2. The predicted octanol–water partition coefficient (Wildman–Crippen LogP) is 5.70. The first-order valence-corrected chi connectivity index (χ1v) is 11.5. The van der Waals surface area contributed by atoms with Crippen LogP contribution in [0.1, 0.15) is 17.0 Å². The molecular formula is C29H26N4O2. The molecule has 174 valence electrons. The number of rotatable bonds is 7. The topological polar surface area (TPSA) is 64.2 Å². The van der Waals surface area contributed by atoms with Crippen molar-refractivity contribution in [2.45, 2.75) is 19.9 Å². The summed E-state index contributed by atoms with van der Waals surface area (Å²) in [6.07, 6.45) is 2.17. The lowest BCUT2D eigenvalue weighted by atomic mass is 10.1. The van der Waals surface area contributed by atoms with E-state index in [1.165, 1.54) is 0 Å². The molecule has 0 saturated heterocycles. The molecule has 2 heterocycles. The van der Waals surface area contributed by atoms with Gasteiger partial charge < -0.3 is 9.32 Å². The fourth-order valence-electron chi connectivity index (χ4n) is 4.00. The van der Waals surface area contributed by atoms with E-state index in [-0.39, 0.29) is 12.3 Å². The second kappa shape index (κ2) is 9.81. The van der Waals surface area contributed by atoms with Crippen molar-refractivity contribution in [2.75, 3.05) is 7.05 Å². The van der Waals surface area contributed by atoms with Crippen LogP contribution in [0.2, 0.25) is 0 Å². The van der Waals surface area contributed by atoms with Crippen LogP contribution in [0.3, 0.4) is 0 Å². The fraction of sp³-hybridized carbons (Fsp3) is 0.138. The van der Waals surface area contributed by atoms with Crippen LogP contribution in [0.5, 0.6) is 0 Å². The Kier molecular flexibility index (Phi) is 6.26. The maximum atomic E-state index is 13.2. The van der Waals surface area contributed by atoms with Gasteiger partial charge in [-0.05, 0) is 31.2 Å². The molecule has 0 spiro atoms. The van der Waals surface area contributed by atoms with E-state index in [0.717, 1.165) is 28.1 Å². The Bertz CT molecular complexity index is 1420. The van der Waals surface area contributed by atoms with Gasteiger partial charge in [-0.15, -0.1) is 0 Å². The van der Waals surface area contributed by atoms with Crippen molar-refractivity contribution in [1.29, 1.82) is 0 Å². The van der Waals surface area contributed by atoms with Gasteiger partial charge in [-0.25, -0.2) is 9.67 Å². The van der Waals surface area contributed by atoms with Crippen molar-refractivity contribution in [3.8, 4) is 28.4 Å². The van der Waals surface area contributed by atoms with E-state index in [4.69, 9.17) is 9.52 Å². The van der Waals surface area contributed by atoms with Gasteiger partial charge in [0.1, 0.15) is 5.76 Å². The monoisotopic (exact) mass is 462 g/mol. The molecule has 0 unspecified atom stereocenters. The molecule has 6 nitrogen and oxygen atoms in total. The van der Waals surface area contributed by atoms with Crippen molar-refractivity contribution in [1.82, 2.24) is 19.7 Å². The van der Waals surface area contributed by atoms with Crippen LogP contribution in [0.4, 0.5) is 0 Å². The lowest BCUT2D eigenvalue weighted by Crippen LogP contribution is -2.28. The Balaban J connectivity index is 1.37. The summed E-state index contributed by atoms with van der Waals surface area (Å²) >= 11 is 0. The van der Waals surface area contributed by atoms with Gasteiger partial charge in [0, 0.05) is 36.5 Å². The summed E-state index contributed by atoms with van der Waals surface area (Å²) in [6.45, 7) is 2.28. The number of amides is 1. The van der Waals surface area contributed by atoms with Crippen LogP contribution in [0.25, 0.3) is 28.4 Å². The number of aromatic nitrogens is 3. The molecule has 0 aliphatic carbocycles. The van der Waals surface area contributed by atoms with Gasteiger partial charge in [0.15, 0.2) is 0 Å². The van der Waals surface area contributed by atoms with Gasteiger partial charge >= 0.3 is 0 Å². The fourth-order valence-corrected chi connectivity index (χ4v) is 4.00. The number of carbonyl (C=O) groups excluding carboxylic acids is 1. The second-order valence-corrected chi connectivity index (χ2v) is 8.46. The summed E-state index contributed by atoms with van der Waals surface area (Å²) in [4.78, 5) is 19.5. The van der Waals surface area contributed by atoms with Crippen molar-refractivity contribution < 1.29 is 9.21 Å². The zero-order chi connectivity index (χ0) is 24.2.